The Kier molecular flexibility index (Phi) is 2.74. The van der Waals surface area contributed by atoms with E-state index >= 15 is 0 Å². The van der Waals surface area contributed by atoms with Crippen molar-refractivity contribution < 1.29 is 0 Å². The summed E-state index contributed by atoms with van der Waals surface area (Å²) in [5, 5.41) is 3.62. The summed E-state index contributed by atoms with van der Waals surface area (Å²) in [4.78, 5) is 9.14. The first kappa shape index (κ1) is 15.8. The van der Waals surface area contributed by atoms with Crippen LogP contribution in [0, 0.1) is 0 Å². The summed E-state index contributed by atoms with van der Waals surface area (Å²) in [5.74, 6) is 0. The zero-order valence-corrected chi connectivity index (χ0v) is 16.8. The van der Waals surface area contributed by atoms with E-state index in [2.05, 4.69) is 64.0 Å². The molecule has 31 heavy (non-hydrogen) atoms. The van der Waals surface area contributed by atoms with Crippen LogP contribution in [-0.4, -0.2) is 14.4 Å². The number of nitrogens with zero attached hydrogens (tertiary/aromatic N) is 3. The summed E-state index contributed by atoms with van der Waals surface area (Å²) in [6, 6.07) is 20.4. The molecule has 144 valence electrons. The average Bonchev–Trinajstić information content (AvgIpc) is 3.52. The molecule has 3 aromatic heterocycles. The molecular weight excluding hydrogens is 378 g/mol. The minimum absolute atomic E-state index is 0.988. The molecule has 0 N–H and O–H groups in total. The summed E-state index contributed by atoms with van der Waals surface area (Å²) in [6.45, 7) is 0. The van der Waals surface area contributed by atoms with Gasteiger partial charge in [-0.15, -0.1) is 0 Å². The standard InChI is InChI=1S/C28H17N3/c1-2-4-19-16(3-1)12-23-20(19)6-5-17-11-18-13-24-22(14-21(18)27(17)23)25-15-29-8-7-26(25)31-10-9-30-28(24)31/h1-10,13-15H,11-12H2. The molecule has 6 aromatic rings. The molecule has 0 aliphatic heterocycles. The molecule has 2 aliphatic carbocycles. The van der Waals surface area contributed by atoms with E-state index in [-0.39, 0.29) is 0 Å². The molecule has 0 atom stereocenters. The third kappa shape index (κ3) is 1.89. The molecule has 0 saturated carbocycles. The lowest BCUT2D eigenvalue weighted by Gasteiger charge is -2.12. The van der Waals surface area contributed by atoms with Crippen molar-refractivity contribution in [2.24, 2.45) is 0 Å². The zero-order valence-electron chi connectivity index (χ0n) is 16.8. The highest BCUT2D eigenvalue weighted by atomic mass is 15.0. The van der Waals surface area contributed by atoms with Gasteiger partial charge in [0.2, 0.25) is 0 Å². The zero-order chi connectivity index (χ0) is 20.1. The lowest BCUT2D eigenvalue weighted by Crippen LogP contribution is -1.93. The Morgan fingerprint density at radius 2 is 1.68 bits per heavy atom. The monoisotopic (exact) mass is 395 g/mol. The first-order valence-electron chi connectivity index (χ1n) is 10.8. The van der Waals surface area contributed by atoms with Crippen molar-refractivity contribution in [1.82, 2.24) is 14.4 Å². The minimum Gasteiger partial charge on any atom is -0.299 e. The third-order valence-corrected chi connectivity index (χ3v) is 7.20. The number of pyridine rings is 2. The van der Waals surface area contributed by atoms with Crippen molar-refractivity contribution in [2.45, 2.75) is 12.8 Å². The molecule has 3 aromatic carbocycles. The second kappa shape index (κ2) is 5.38. The molecule has 0 unspecified atom stereocenters. The van der Waals surface area contributed by atoms with Crippen LogP contribution in [0.2, 0.25) is 0 Å². The van der Waals surface area contributed by atoms with Crippen LogP contribution in [0.15, 0.2) is 79.4 Å². The Morgan fingerprint density at radius 1 is 0.710 bits per heavy atom. The van der Waals surface area contributed by atoms with E-state index in [0.29, 0.717) is 0 Å². The lowest BCUT2D eigenvalue weighted by atomic mass is 9.93. The van der Waals surface area contributed by atoms with Crippen molar-refractivity contribution in [3.8, 4) is 22.3 Å². The van der Waals surface area contributed by atoms with Gasteiger partial charge in [0.25, 0.3) is 0 Å². The number of imidazole rings is 1. The van der Waals surface area contributed by atoms with Crippen LogP contribution in [0.5, 0.6) is 0 Å². The summed E-state index contributed by atoms with van der Waals surface area (Å²) in [5.41, 5.74) is 13.6. The van der Waals surface area contributed by atoms with Gasteiger partial charge < -0.3 is 0 Å². The Hall–Kier alpha value is -3.98. The third-order valence-electron chi connectivity index (χ3n) is 7.20. The van der Waals surface area contributed by atoms with E-state index in [4.69, 9.17) is 4.98 Å². The Morgan fingerprint density at radius 3 is 2.68 bits per heavy atom. The fourth-order valence-corrected chi connectivity index (χ4v) is 5.88. The van der Waals surface area contributed by atoms with Crippen LogP contribution in [0.25, 0.3) is 49.6 Å². The fourth-order valence-electron chi connectivity index (χ4n) is 5.88. The summed E-state index contributed by atoms with van der Waals surface area (Å²) < 4.78 is 2.18. The van der Waals surface area contributed by atoms with Gasteiger partial charge in [0.05, 0.1) is 5.52 Å². The van der Waals surface area contributed by atoms with E-state index in [1.165, 1.54) is 60.7 Å². The van der Waals surface area contributed by atoms with E-state index in [1.807, 2.05) is 24.8 Å². The molecule has 2 aliphatic rings. The normalized spacial score (nSPS) is 13.5. The maximum Gasteiger partial charge on any atom is 0.145 e. The van der Waals surface area contributed by atoms with Gasteiger partial charge in [0.1, 0.15) is 5.65 Å². The largest absolute Gasteiger partial charge is 0.299 e. The number of fused-ring (bicyclic) bond motifs is 13. The van der Waals surface area contributed by atoms with E-state index in [1.54, 1.807) is 0 Å². The van der Waals surface area contributed by atoms with Gasteiger partial charge in [-0.2, -0.15) is 0 Å². The molecule has 3 nitrogen and oxygen atoms in total. The van der Waals surface area contributed by atoms with Gasteiger partial charge in [0, 0.05) is 35.6 Å². The number of hydrogen-bond acceptors (Lipinski definition) is 2. The number of aromatic nitrogens is 3. The lowest BCUT2D eigenvalue weighted by molar-refractivity contribution is 1.23. The van der Waals surface area contributed by atoms with Crippen LogP contribution >= 0.6 is 0 Å². The molecular formula is C28H17N3. The quantitative estimate of drug-likeness (QED) is 0.287. The number of hydrogen-bond donors (Lipinski definition) is 0. The first-order chi connectivity index (χ1) is 15.4. The Bertz CT molecular complexity index is 1740. The minimum atomic E-state index is 0.988. The van der Waals surface area contributed by atoms with E-state index in [9.17, 15) is 0 Å². The van der Waals surface area contributed by atoms with Crippen molar-refractivity contribution in [2.75, 3.05) is 0 Å². The van der Waals surface area contributed by atoms with Crippen molar-refractivity contribution in [3.63, 3.8) is 0 Å². The second-order valence-corrected chi connectivity index (χ2v) is 8.71. The van der Waals surface area contributed by atoms with Gasteiger partial charge in [-0.25, -0.2) is 4.98 Å². The molecule has 3 heteroatoms. The van der Waals surface area contributed by atoms with Crippen molar-refractivity contribution >= 4 is 27.3 Å². The first-order valence-corrected chi connectivity index (χ1v) is 10.8. The summed E-state index contributed by atoms with van der Waals surface area (Å²) >= 11 is 0. The Labute approximate surface area is 178 Å². The average molecular weight is 395 g/mol. The fraction of sp³-hybridized carbons (Fsp3) is 0.0714. The van der Waals surface area contributed by atoms with Gasteiger partial charge >= 0.3 is 0 Å². The highest BCUT2D eigenvalue weighted by Gasteiger charge is 2.29. The molecule has 3 heterocycles. The predicted molar refractivity (Wildman–Crippen MR) is 124 cm³/mol. The summed E-state index contributed by atoms with van der Waals surface area (Å²) in [7, 11) is 0. The van der Waals surface area contributed by atoms with Gasteiger partial charge in [-0.1, -0.05) is 36.4 Å². The smallest absolute Gasteiger partial charge is 0.145 e. The molecule has 8 rings (SSSR count). The Balaban J connectivity index is 1.49. The number of rotatable bonds is 0. The van der Waals surface area contributed by atoms with E-state index < -0.39 is 0 Å². The molecule has 0 spiro atoms. The van der Waals surface area contributed by atoms with Crippen LogP contribution < -0.4 is 0 Å². The maximum absolute atomic E-state index is 4.70. The van der Waals surface area contributed by atoms with Crippen LogP contribution in [-0.2, 0) is 12.8 Å². The summed E-state index contributed by atoms with van der Waals surface area (Å²) in [6.07, 6.45) is 9.80. The van der Waals surface area contributed by atoms with Gasteiger partial charge in [0.15, 0.2) is 0 Å². The number of benzene rings is 3. The van der Waals surface area contributed by atoms with E-state index in [0.717, 1.165) is 24.0 Å². The second-order valence-electron chi connectivity index (χ2n) is 8.71. The predicted octanol–water partition coefficient (Wildman–Crippen LogP) is 6.18. The topological polar surface area (TPSA) is 30.2 Å². The SMILES string of the molecule is c1ccc2c(c1)Cc1c-2ccc2c1-c1cc3c4cnccc4n4ccnc4c3cc1C2. The molecule has 0 fully saturated rings. The maximum atomic E-state index is 4.70. The molecule has 0 amide bonds. The molecule has 0 radical (unpaired) electrons. The highest BCUT2D eigenvalue weighted by molar-refractivity contribution is 6.13. The highest BCUT2D eigenvalue weighted by Crippen LogP contribution is 2.49. The van der Waals surface area contributed by atoms with Crippen molar-refractivity contribution in [3.05, 3.63) is 102 Å². The van der Waals surface area contributed by atoms with Crippen molar-refractivity contribution in [1.29, 1.82) is 0 Å². The van der Waals surface area contributed by atoms with Gasteiger partial charge in [-0.05, 0) is 80.9 Å². The van der Waals surface area contributed by atoms with Gasteiger partial charge in [-0.3, -0.25) is 9.38 Å². The molecule has 0 saturated heterocycles. The van der Waals surface area contributed by atoms with Crippen LogP contribution in [0.3, 0.4) is 0 Å². The van der Waals surface area contributed by atoms with Crippen LogP contribution in [0.4, 0.5) is 0 Å². The molecule has 0 bridgehead atoms. The van der Waals surface area contributed by atoms with Crippen LogP contribution in [0.1, 0.15) is 22.3 Å².